The number of nitrogens with zero attached hydrogens (tertiary/aromatic N) is 2. The van der Waals surface area contributed by atoms with Crippen LogP contribution in [0.15, 0.2) is 70.6 Å². The van der Waals surface area contributed by atoms with Gasteiger partial charge in [-0.15, -0.1) is 11.3 Å². The van der Waals surface area contributed by atoms with E-state index < -0.39 is 26.4 Å². The molecule has 4 rings (SSSR count). The lowest BCUT2D eigenvalue weighted by Crippen LogP contribution is -2.04. The summed E-state index contributed by atoms with van der Waals surface area (Å²) in [6.07, 6.45) is 0. The van der Waals surface area contributed by atoms with Crippen LogP contribution in [0.3, 0.4) is 0 Å². The molecule has 148 valence electrons. The normalized spacial score (nSPS) is 13.7. The summed E-state index contributed by atoms with van der Waals surface area (Å²) >= 11 is -1.08. The Hall–Kier alpha value is -2.70. The van der Waals surface area contributed by atoms with Gasteiger partial charge in [0.15, 0.2) is 0 Å². The third-order valence-electron chi connectivity index (χ3n) is 3.89. The molecule has 8 nitrogen and oxygen atoms in total. The number of aromatic nitrogens is 1. The first kappa shape index (κ1) is 19.6. The highest BCUT2D eigenvalue weighted by Crippen LogP contribution is 2.31. The van der Waals surface area contributed by atoms with E-state index in [1.165, 1.54) is 11.3 Å². The van der Waals surface area contributed by atoms with Crippen molar-refractivity contribution in [3.8, 4) is 16.3 Å². The molecule has 0 saturated carbocycles. The predicted octanol–water partition coefficient (Wildman–Crippen LogP) is 3.40. The fourth-order valence-corrected chi connectivity index (χ4v) is 4.58. The van der Waals surface area contributed by atoms with Crippen LogP contribution >= 0.6 is 11.3 Å². The second-order valence-corrected chi connectivity index (χ2v) is 8.93. The van der Waals surface area contributed by atoms with Gasteiger partial charge in [-0.3, -0.25) is 9.11 Å². The van der Waals surface area contributed by atoms with Crippen molar-refractivity contribution in [3.05, 3.63) is 66.0 Å². The highest BCUT2D eigenvalue weighted by atomic mass is 32.2. The lowest BCUT2D eigenvalue weighted by atomic mass is 10.2. The Labute approximate surface area is 171 Å². The molecule has 0 radical (unpaired) electrons. The summed E-state index contributed by atoms with van der Waals surface area (Å²) in [5.74, 6) is -0.0757. The molecule has 0 aromatic heterocycles. The summed E-state index contributed by atoms with van der Waals surface area (Å²) < 4.78 is 58.2. The molecule has 2 aliphatic rings. The molecular formula is C18H12N2O6S3. The van der Waals surface area contributed by atoms with Crippen LogP contribution in [-0.2, 0) is 21.5 Å². The summed E-state index contributed by atoms with van der Waals surface area (Å²) in [6.45, 7) is 0. The van der Waals surface area contributed by atoms with Crippen molar-refractivity contribution in [1.29, 1.82) is 0 Å². The Morgan fingerprint density at radius 1 is 1.07 bits per heavy atom. The van der Waals surface area contributed by atoms with E-state index in [0.29, 0.717) is 5.36 Å². The average molecular weight is 449 g/mol. The molecule has 0 saturated heterocycles. The maximum atomic E-state index is 11.7. The largest absolute Gasteiger partial charge is 0.380 e. The predicted molar refractivity (Wildman–Crippen MR) is 109 cm³/mol. The standard InChI is InChI=1S/C18H12N2O6S3/c21-28(22)26-12-6-8-18(29(23,24)25)15(10-12)19-11-5-7-14-17(9-11)27-16-4-2-1-3-13(16)20-14/h1-10H,(H,21,22)(H,23,24,25). The Bertz CT molecular complexity index is 1400. The Balaban J connectivity index is 1.90. The van der Waals surface area contributed by atoms with Gasteiger partial charge in [-0.25, -0.2) is 9.98 Å². The topological polar surface area (TPSA) is 126 Å². The molecule has 0 spiro atoms. The van der Waals surface area contributed by atoms with E-state index in [2.05, 4.69) is 14.2 Å². The zero-order valence-corrected chi connectivity index (χ0v) is 16.9. The van der Waals surface area contributed by atoms with Gasteiger partial charge in [0.1, 0.15) is 10.6 Å². The van der Waals surface area contributed by atoms with Crippen molar-refractivity contribution in [1.82, 2.24) is 4.98 Å². The number of hydrogen-bond acceptors (Lipinski definition) is 7. The molecule has 1 heterocycles. The van der Waals surface area contributed by atoms with E-state index >= 15 is 0 Å². The van der Waals surface area contributed by atoms with E-state index in [-0.39, 0.29) is 11.4 Å². The minimum absolute atomic E-state index is 0.0757. The van der Waals surface area contributed by atoms with Crippen molar-refractivity contribution >= 4 is 48.7 Å². The van der Waals surface area contributed by atoms with Crippen LogP contribution in [0.1, 0.15) is 0 Å². The monoisotopic (exact) mass is 448 g/mol. The van der Waals surface area contributed by atoms with Gasteiger partial charge < -0.3 is 4.18 Å². The molecule has 1 aliphatic heterocycles. The number of benzene rings is 3. The van der Waals surface area contributed by atoms with Crippen LogP contribution in [0.4, 0.5) is 5.69 Å². The van der Waals surface area contributed by atoms with Crippen molar-refractivity contribution < 1.29 is 25.9 Å². The van der Waals surface area contributed by atoms with Gasteiger partial charge >= 0.3 is 11.4 Å². The van der Waals surface area contributed by atoms with Crippen molar-refractivity contribution in [2.45, 2.75) is 4.90 Å². The zero-order valence-electron chi connectivity index (χ0n) is 14.4. The summed E-state index contributed by atoms with van der Waals surface area (Å²) in [5.41, 5.74) is 1.49. The molecule has 11 heteroatoms. The van der Waals surface area contributed by atoms with Crippen LogP contribution in [0.25, 0.3) is 20.8 Å². The SMILES string of the molecule is O=S(O)Oc1ccc(S(=O)(=O)O)c(N=c2ccc3nc4ccccc4sc-3c2)c1. The van der Waals surface area contributed by atoms with Gasteiger partial charge in [0.05, 0.1) is 31.8 Å². The fourth-order valence-electron chi connectivity index (χ4n) is 2.71. The number of fused-ring (bicyclic) bond motifs is 2. The number of rotatable bonds is 4. The fraction of sp³-hybridized carbons (Fsp3) is 0. The third-order valence-corrected chi connectivity index (χ3v) is 6.24. The molecule has 2 N–H and O–H groups in total. The first-order valence-electron chi connectivity index (χ1n) is 8.05. The maximum absolute atomic E-state index is 11.7. The van der Waals surface area contributed by atoms with Crippen LogP contribution in [-0.4, -0.2) is 26.7 Å². The quantitative estimate of drug-likeness (QED) is 0.278. The lowest BCUT2D eigenvalue weighted by molar-refractivity contribution is 0.458. The van der Waals surface area contributed by atoms with Crippen LogP contribution in [0.2, 0.25) is 0 Å². The van der Waals surface area contributed by atoms with Crippen LogP contribution < -0.4 is 9.54 Å². The van der Waals surface area contributed by atoms with Crippen molar-refractivity contribution in [3.63, 3.8) is 0 Å². The van der Waals surface area contributed by atoms with E-state index in [1.807, 2.05) is 24.3 Å². The van der Waals surface area contributed by atoms with Gasteiger partial charge in [-0.1, -0.05) is 12.1 Å². The van der Waals surface area contributed by atoms with E-state index in [9.17, 15) is 17.2 Å². The summed E-state index contributed by atoms with van der Waals surface area (Å²) in [7, 11) is -4.57. The Morgan fingerprint density at radius 2 is 1.86 bits per heavy atom. The van der Waals surface area contributed by atoms with Crippen molar-refractivity contribution in [2.24, 2.45) is 4.99 Å². The molecular weight excluding hydrogens is 436 g/mol. The molecule has 0 bridgehead atoms. The van der Waals surface area contributed by atoms with Crippen LogP contribution in [0.5, 0.6) is 5.75 Å². The molecule has 0 amide bonds. The van der Waals surface area contributed by atoms with Crippen molar-refractivity contribution in [2.75, 3.05) is 0 Å². The van der Waals surface area contributed by atoms with Gasteiger partial charge in [-0.05, 0) is 42.5 Å². The van der Waals surface area contributed by atoms with Gasteiger partial charge in [0.25, 0.3) is 10.1 Å². The molecule has 1 atom stereocenters. The minimum atomic E-state index is -4.57. The number of para-hydroxylation sites is 1. The lowest BCUT2D eigenvalue weighted by Gasteiger charge is -2.07. The highest BCUT2D eigenvalue weighted by molar-refractivity contribution is 7.86. The zero-order chi connectivity index (χ0) is 20.6. The minimum Gasteiger partial charge on any atom is -0.380 e. The van der Waals surface area contributed by atoms with Gasteiger partial charge in [0.2, 0.25) is 0 Å². The molecule has 29 heavy (non-hydrogen) atoms. The van der Waals surface area contributed by atoms with E-state index in [4.69, 9.17) is 4.55 Å². The summed E-state index contributed by atoms with van der Waals surface area (Å²) in [5, 5.41) is 0.415. The Kier molecular flexibility index (Phi) is 5.15. The Morgan fingerprint density at radius 3 is 2.62 bits per heavy atom. The van der Waals surface area contributed by atoms with E-state index in [1.54, 1.807) is 18.2 Å². The molecule has 2 aromatic carbocycles. The summed E-state index contributed by atoms with van der Waals surface area (Å²) in [6, 6.07) is 16.2. The molecule has 2 aromatic rings. The van der Waals surface area contributed by atoms with Gasteiger partial charge in [-0.2, -0.15) is 12.6 Å². The third kappa shape index (κ3) is 4.33. The summed E-state index contributed by atoms with van der Waals surface area (Å²) in [4.78, 5) is 9.25. The smallest absolute Gasteiger partial charge is 0.357 e. The second kappa shape index (κ2) is 7.61. The molecule has 1 aliphatic carbocycles. The molecule has 0 fully saturated rings. The maximum Gasteiger partial charge on any atom is 0.357 e. The first-order chi connectivity index (χ1) is 13.8. The second-order valence-electron chi connectivity index (χ2n) is 5.85. The van der Waals surface area contributed by atoms with Crippen LogP contribution in [0, 0.1) is 0 Å². The van der Waals surface area contributed by atoms with E-state index in [0.717, 1.165) is 39.0 Å². The first-order valence-corrected chi connectivity index (χ1v) is 11.3. The van der Waals surface area contributed by atoms with Gasteiger partial charge in [0, 0.05) is 6.07 Å². The molecule has 1 unspecified atom stereocenters. The average Bonchev–Trinajstić information content (AvgIpc) is 2.65. The number of hydrogen-bond donors (Lipinski definition) is 2. The highest BCUT2D eigenvalue weighted by Gasteiger charge is 2.17.